The van der Waals surface area contributed by atoms with E-state index in [9.17, 15) is 17.6 Å². The Balaban J connectivity index is 3.26. The molecule has 0 aromatic heterocycles. The molecular formula is C12H16BrFN2O3S. The number of halogens is 2. The third-order valence-electron chi connectivity index (χ3n) is 2.91. The van der Waals surface area contributed by atoms with Gasteiger partial charge in [0.15, 0.2) is 0 Å². The standard InChI is InChI=1S/C12H16BrFN2O3S/c1-6(2)7(3)16-12(17)9-4-8(14)5-10(11(9)13)20(15,18)19/h4-7H,1-3H3,(H,16,17)(H2,15,18,19). The zero-order valence-electron chi connectivity index (χ0n) is 11.3. The molecule has 0 spiro atoms. The molecule has 0 aliphatic carbocycles. The van der Waals surface area contributed by atoms with Gasteiger partial charge in [0.05, 0.1) is 14.9 Å². The predicted octanol–water partition coefficient (Wildman–Crippen LogP) is 2.01. The van der Waals surface area contributed by atoms with Gasteiger partial charge in [-0.25, -0.2) is 17.9 Å². The molecule has 0 radical (unpaired) electrons. The summed E-state index contributed by atoms with van der Waals surface area (Å²) in [4.78, 5) is 11.6. The van der Waals surface area contributed by atoms with Gasteiger partial charge in [-0.15, -0.1) is 0 Å². The fourth-order valence-electron chi connectivity index (χ4n) is 1.39. The van der Waals surface area contributed by atoms with Crippen molar-refractivity contribution in [2.24, 2.45) is 11.1 Å². The van der Waals surface area contributed by atoms with Gasteiger partial charge in [-0.2, -0.15) is 0 Å². The Morgan fingerprint density at radius 2 is 1.90 bits per heavy atom. The van der Waals surface area contributed by atoms with Crippen LogP contribution < -0.4 is 10.5 Å². The van der Waals surface area contributed by atoms with Gasteiger partial charge in [-0.05, 0) is 40.9 Å². The number of amides is 1. The zero-order chi connectivity index (χ0) is 15.7. The van der Waals surface area contributed by atoms with Crippen LogP contribution in [-0.2, 0) is 10.0 Å². The van der Waals surface area contributed by atoms with Crippen molar-refractivity contribution in [3.63, 3.8) is 0 Å². The van der Waals surface area contributed by atoms with E-state index < -0.39 is 26.6 Å². The highest BCUT2D eigenvalue weighted by Crippen LogP contribution is 2.26. The lowest BCUT2D eigenvalue weighted by molar-refractivity contribution is 0.0929. The predicted molar refractivity (Wildman–Crippen MR) is 77.2 cm³/mol. The van der Waals surface area contributed by atoms with E-state index in [0.717, 1.165) is 12.1 Å². The first kappa shape index (κ1) is 17.1. The highest BCUT2D eigenvalue weighted by Gasteiger charge is 2.22. The van der Waals surface area contributed by atoms with Crippen molar-refractivity contribution < 1.29 is 17.6 Å². The SMILES string of the molecule is CC(C)C(C)NC(=O)c1cc(F)cc(S(N)(=O)=O)c1Br. The minimum Gasteiger partial charge on any atom is -0.349 e. The maximum absolute atomic E-state index is 13.5. The van der Waals surface area contributed by atoms with Crippen LogP contribution in [0.1, 0.15) is 31.1 Å². The van der Waals surface area contributed by atoms with E-state index in [2.05, 4.69) is 21.2 Å². The maximum Gasteiger partial charge on any atom is 0.252 e. The first-order valence-corrected chi connectivity index (χ1v) is 8.20. The molecule has 0 bridgehead atoms. The van der Waals surface area contributed by atoms with Crippen molar-refractivity contribution in [2.75, 3.05) is 0 Å². The van der Waals surface area contributed by atoms with E-state index >= 15 is 0 Å². The zero-order valence-corrected chi connectivity index (χ0v) is 13.7. The number of sulfonamides is 1. The Hall–Kier alpha value is -0.990. The fraction of sp³-hybridized carbons (Fsp3) is 0.417. The Morgan fingerprint density at radius 3 is 2.35 bits per heavy atom. The lowest BCUT2D eigenvalue weighted by Crippen LogP contribution is -2.36. The average Bonchev–Trinajstić information content (AvgIpc) is 2.29. The van der Waals surface area contributed by atoms with Gasteiger partial charge in [0, 0.05) is 6.04 Å². The van der Waals surface area contributed by atoms with Crippen LogP contribution in [-0.4, -0.2) is 20.4 Å². The molecule has 3 N–H and O–H groups in total. The van der Waals surface area contributed by atoms with Crippen LogP contribution in [0.4, 0.5) is 4.39 Å². The van der Waals surface area contributed by atoms with E-state index in [4.69, 9.17) is 5.14 Å². The summed E-state index contributed by atoms with van der Waals surface area (Å²) in [5.74, 6) is -1.23. The Morgan fingerprint density at radius 1 is 1.35 bits per heavy atom. The number of hydrogen-bond donors (Lipinski definition) is 2. The molecule has 0 heterocycles. The molecule has 0 aliphatic heterocycles. The largest absolute Gasteiger partial charge is 0.349 e. The summed E-state index contributed by atoms with van der Waals surface area (Å²) in [5, 5.41) is 7.66. The molecule has 5 nitrogen and oxygen atoms in total. The van der Waals surface area contributed by atoms with E-state index in [1.165, 1.54) is 0 Å². The fourth-order valence-corrected chi connectivity index (χ4v) is 3.11. The molecule has 1 rings (SSSR count). The minimum atomic E-state index is -4.12. The highest BCUT2D eigenvalue weighted by atomic mass is 79.9. The molecular weight excluding hydrogens is 351 g/mol. The molecule has 1 aromatic carbocycles. The number of benzene rings is 1. The molecule has 0 saturated heterocycles. The highest BCUT2D eigenvalue weighted by molar-refractivity contribution is 9.10. The molecule has 0 aliphatic rings. The van der Waals surface area contributed by atoms with Crippen molar-refractivity contribution in [3.05, 3.63) is 28.0 Å². The molecule has 20 heavy (non-hydrogen) atoms. The topological polar surface area (TPSA) is 89.3 Å². The Kier molecular flexibility index (Phi) is 5.28. The number of carbonyl (C=O) groups excluding carboxylic acids is 1. The molecule has 112 valence electrons. The summed E-state index contributed by atoms with van der Waals surface area (Å²) < 4.78 is 36.1. The van der Waals surface area contributed by atoms with Gasteiger partial charge in [-0.1, -0.05) is 13.8 Å². The summed E-state index contributed by atoms with van der Waals surface area (Å²) in [6.07, 6.45) is 0. The van der Waals surface area contributed by atoms with Crippen LogP contribution in [0.15, 0.2) is 21.5 Å². The lowest BCUT2D eigenvalue weighted by Gasteiger charge is -2.18. The third-order valence-corrected chi connectivity index (χ3v) is 4.97. The van der Waals surface area contributed by atoms with E-state index in [-0.39, 0.29) is 22.0 Å². The third kappa shape index (κ3) is 4.00. The van der Waals surface area contributed by atoms with Crippen molar-refractivity contribution in [1.82, 2.24) is 5.32 Å². The molecule has 0 fully saturated rings. The van der Waals surface area contributed by atoms with Crippen molar-refractivity contribution >= 4 is 31.9 Å². The molecule has 1 aromatic rings. The Bertz CT molecular complexity index is 632. The number of nitrogens with one attached hydrogen (secondary N) is 1. The van der Waals surface area contributed by atoms with Gasteiger partial charge in [0.1, 0.15) is 5.82 Å². The molecule has 8 heteroatoms. The maximum atomic E-state index is 13.5. The Labute approximate surface area is 125 Å². The molecule has 0 saturated carbocycles. The van der Waals surface area contributed by atoms with E-state index in [1.54, 1.807) is 6.92 Å². The van der Waals surface area contributed by atoms with Crippen LogP contribution in [0.3, 0.4) is 0 Å². The van der Waals surface area contributed by atoms with Crippen molar-refractivity contribution in [3.8, 4) is 0 Å². The van der Waals surface area contributed by atoms with Crippen LogP contribution >= 0.6 is 15.9 Å². The summed E-state index contributed by atoms with van der Waals surface area (Å²) in [7, 11) is -4.12. The molecule has 1 amide bonds. The van der Waals surface area contributed by atoms with E-state index in [0.29, 0.717) is 0 Å². The second-order valence-electron chi connectivity index (χ2n) is 4.82. The lowest BCUT2D eigenvalue weighted by atomic mass is 10.1. The summed E-state index contributed by atoms with van der Waals surface area (Å²) in [6.45, 7) is 5.64. The number of carbonyl (C=O) groups is 1. The second kappa shape index (κ2) is 6.19. The number of primary sulfonamides is 1. The van der Waals surface area contributed by atoms with Crippen LogP contribution in [0, 0.1) is 11.7 Å². The molecule has 1 atom stereocenters. The monoisotopic (exact) mass is 366 g/mol. The number of hydrogen-bond acceptors (Lipinski definition) is 3. The summed E-state index contributed by atoms with van der Waals surface area (Å²) in [6, 6.07) is 1.58. The van der Waals surface area contributed by atoms with Crippen LogP contribution in [0.25, 0.3) is 0 Å². The van der Waals surface area contributed by atoms with Gasteiger partial charge >= 0.3 is 0 Å². The van der Waals surface area contributed by atoms with Gasteiger partial charge < -0.3 is 5.32 Å². The smallest absolute Gasteiger partial charge is 0.252 e. The number of nitrogens with two attached hydrogens (primary N) is 1. The minimum absolute atomic E-state index is 0.0464. The van der Waals surface area contributed by atoms with Crippen LogP contribution in [0.2, 0.25) is 0 Å². The quantitative estimate of drug-likeness (QED) is 0.853. The van der Waals surface area contributed by atoms with Crippen molar-refractivity contribution in [1.29, 1.82) is 0 Å². The van der Waals surface area contributed by atoms with E-state index in [1.807, 2.05) is 13.8 Å². The normalized spacial score (nSPS) is 13.3. The van der Waals surface area contributed by atoms with Crippen LogP contribution in [0.5, 0.6) is 0 Å². The van der Waals surface area contributed by atoms with Gasteiger partial charge in [0.25, 0.3) is 5.91 Å². The second-order valence-corrected chi connectivity index (χ2v) is 7.14. The van der Waals surface area contributed by atoms with Gasteiger partial charge in [-0.3, -0.25) is 4.79 Å². The average molecular weight is 367 g/mol. The van der Waals surface area contributed by atoms with Gasteiger partial charge in [0.2, 0.25) is 10.0 Å². The number of rotatable bonds is 4. The first-order chi connectivity index (χ1) is 9.04. The summed E-state index contributed by atoms with van der Waals surface area (Å²) >= 11 is 2.99. The summed E-state index contributed by atoms with van der Waals surface area (Å²) in [5.41, 5.74) is -0.110. The van der Waals surface area contributed by atoms with Crippen molar-refractivity contribution in [2.45, 2.75) is 31.7 Å². The molecule has 1 unspecified atom stereocenters. The first-order valence-electron chi connectivity index (χ1n) is 5.86.